The lowest BCUT2D eigenvalue weighted by Gasteiger charge is -2.14. The maximum absolute atomic E-state index is 10.4. The summed E-state index contributed by atoms with van der Waals surface area (Å²) in [6, 6.07) is 0.138. The van der Waals surface area contributed by atoms with E-state index >= 15 is 0 Å². The van der Waals surface area contributed by atoms with Crippen LogP contribution in [0, 0.1) is 5.92 Å². The first-order chi connectivity index (χ1) is 6.06. The summed E-state index contributed by atoms with van der Waals surface area (Å²) in [6.45, 7) is 4.03. The molecule has 0 unspecified atom stereocenters. The average Bonchev–Trinajstić information content (AvgIpc) is 1.98. The number of rotatable bonds is 7. The number of carbonyl (C=O) groups is 1. The van der Waals surface area contributed by atoms with Crippen LogP contribution in [0.2, 0.25) is 0 Å². The minimum atomic E-state index is -0.733. The average molecular weight is 205 g/mol. The van der Waals surface area contributed by atoms with E-state index in [1.165, 1.54) is 0 Å². The van der Waals surface area contributed by atoms with Crippen molar-refractivity contribution in [3.05, 3.63) is 0 Å². The van der Waals surface area contributed by atoms with Gasteiger partial charge in [-0.1, -0.05) is 13.8 Å². The van der Waals surface area contributed by atoms with E-state index in [-0.39, 0.29) is 18.4 Å². The lowest BCUT2D eigenvalue weighted by atomic mass is 10.00. The van der Waals surface area contributed by atoms with Crippen LogP contribution in [0.1, 0.15) is 26.7 Å². The van der Waals surface area contributed by atoms with Crippen LogP contribution < -0.4 is 5.73 Å². The molecule has 0 aliphatic carbocycles. The number of nitrogens with two attached hydrogens (primary N) is 1. The highest BCUT2D eigenvalue weighted by atomic mass is 32.2. The van der Waals surface area contributed by atoms with Crippen LogP contribution in [0.5, 0.6) is 0 Å². The van der Waals surface area contributed by atoms with Gasteiger partial charge in [0, 0.05) is 18.2 Å². The molecular weight excluding hydrogens is 186 g/mol. The molecule has 0 rings (SSSR count). The van der Waals surface area contributed by atoms with E-state index in [4.69, 9.17) is 10.8 Å². The fraction of sp³-hybridized carbons (Fsp3) is 0.889. The van der Waals surface area contributed by atoms with Gasteiger partial charge in [0.15, 0.2) is 0 Å². The molecule has 78 valence electrons. The lowest BCUT2D eigenvalue weighted by Crippen LogP contribution is -2.26. The molecule has 0 heterocycles. The highest BCUT2D eigenvalue weighted by Gasteiger charge is 2.11. The zero-order valence-electron chi connectivity index (χ0n) is 8.32. The number of aliphatic carboxylic acids is 1. The van der Waals surface area contributed by atoms with Gasteiger partial charge in [-0.25, -0.2) is 0 Å². The van der Waals surface area contributed by atoms with Crippen molar-refractivity contribution in [2.45, 2.75) is 32.7 Å². The van der Waals surface area contributed by atoms with Crippen molar-refractivity contribution >= 4 is 17.7 Å². The van der Waals surface area contributed by atoms with Crippen molar-refractivity contribution in [3.63, 3.8) is 0 Å². The molecule has 13 heavy (non-hydrogen) atoms. The molecule has 0 aromatic rings. The Bertz CT molecular complexity index is 153. The Morgan fingerprint density at radius 2 is 2.23 bits per heavy atom. The van der Waals surface area contributed by atoms with Gasteiger partial charge in [-0.05, 0) is 18.1 Å². The Hall–Kier alpha value is -0.220. The van der Waals surface area contributed by atoms with Gasteiger partial charge < -0.3 is 10.8 Å². The third kappa shape index (κ3) is 8.12. The molecule has 0 aliphatic heterocycles. The number of hydrogen-bond donors (Lipinski definition) is 2. The highest BCUT2D eigenvalue weighted by Crippen LogP contribution is 2.12. The van der Waals surface area contributed by atoms with Gasteiger partial charge in [-0.3, -0.25) is 4.79 Å². The molecule has 0 amide bonds. The summed E-state index contributed by atoms with van der Waals surface area (Å²) in [5.74, 6) is 1.45. The molecule has 2 atom stereocenters. The molecule has 0 bridgehead atoms. The first-order valence-electron chi connectivity index (χ1n) is 4.61. The van der Waals surface area contributed by atoms with Crippen molar-refractivity contribution in [2.75, 3.05) is 11.5 Å². The first kappa shape index (κ1) is 12.8. The second kappa shape index (κ2) is 7.21. The molecule has 4 heteroatoms. The van der Waals surface area contributed by atoms with Crippen molar-refractivity contribution in [1.82, 2.24) is 0 Å². The van der Waals surface area contributed by atoms with Crippen molar-refractivity contribution in [2.24, 2.45) is 11.7 Å². The molecule has 0 aromatic carbocycles. The van der Waals surface area contributed by atoms with E-state index in [9.17, 15) is 4.79 Å². The molecule has 3 nitrogen and oxygen atoms in total. The van der Waals surface area contributed by atoms with Crippen LogP contribution in [-0.2, 0) is 4.79 Å². The van der Waals surface area contributed by atoms with E-state index in [0.29, 0.717) is 0 Å². The summed E-state index contributed by atoms with van der Waals surface area (Å²) < 4.78 is 0. The summed E-state index contributed by atoms with van der Waals surface area (Å²) in [5.41, 5.74) is 5.82. The summed E-state index contributed by atoms with van der Waals surface area (Å²) in [4.78, 5) is 10.4. The zero-order chi connectivity index (χ0) is 10.3. The fourth-order valence-electron chi connectivity index (χ4n) is 1.24. The molecule has 0 spiro atoms. The van der Waals surface area contributed by atoms with E-state index < -0.39 is 5.97 Å². The molecule has 0 fully saturated rings. The van der Waals surface area contributed by atoms with Crippen LogP contribution in [0.15, 0.2) is 0 Å². The van der Waals surface area contributed by atoms with Gasteiger partial charge in [0.25, 0.3) is 0 Å². The monoisotopic (exact) mass is 205 g/mol. The Labute approximate surface area is 84.1 Å². The Kier molecular flexibility index (Phi) is 7.09. The second-order valence-corrected chi connectivity index (χ2v) is 4.68. The molecule has 0 saturated heterocycles. The zero-order valence-corrected chi connectivity index (χ0v) is 9.14. The first-order valence-corrected chi connectivity index (χ1v) is 5.76. The molecule has 0 saturated carbocycles. The number of hydrogen-bond acceptors (Lipinski definition) is 3. The van der Waals surface area contributed by atoms with Gasteiger partial charge in [-0.15, -0.1) is 0 Å². The van der Waals surface area contributed by atoms with Gasteiger partial charge in [0.2, 0.25) is 0 Å². The topological polar surface area (TPSA) is 63.3 Å². The third-order valence-electron chi connectivity index (χ3n) is 1.76. The summed E-state index contributed by atoms with van der Waals surface area (Å²) in [5, 5.41) is 8.53. The van der Waals surface area contributed by atoms with E-state index in [1.54, 1.807) is 11.8 Å². The van der Waals surface area contributed by atoms with Crippen LogP contribution >= 0.6 is 11.8 Å². The lowest BCUT2D eigenvalue weighted by molar-refractivity contribution is -0.138. The predicted molar refractivity (Wildman–Crippen MR) is 57.0 cm³/mol. The van der Waals surface area contributed by atoms with Crippen LogP contribution in [0.3, 0.4) is 0 Å². The van der Waals surface area contributed by atoms with E-state index in [1.807, 2.05) is 6.92 Å². The Morgan fingerprint density at radius 1 is 1.62 bits per heavy atom. The Morgan fingerprint density at radius 3 is 2.69 bits per heavy atom. The maximum atomic E-state index is 10.4. The molecule has 3 N–H and O–H groups in total. The number of thioether (sulfide) groups is 1. The van der Waals surface area contributed by atoms with Gasteiger partial charge in [-0.2, -0.15) is 11.8 Å². The predicted octanol–water partition coefficient (Wildman–Crippen LogP) is 1.57. The summed E-state index contributed by atoms with van der Waals surface area (Å²) in [7, 11) is 0. The standard InChI is InChI=1S/C9H19NO2S/c1-3-13-6-8(10)4-7(2)5-9(11)12/h7-8H,3-6,10H2,1-2H3,(H,11,12)/t7-,8+/m0/s1. The van der Waals surface area contributed by atoms with Crippen molar-refractivity contribution in [1.29, 1.82) is 0 Å². The van der Waals surface area contributed by atoms with Crippen LogP contribution in [0.4, 0.5) is 0 Å². The Balaban J connectivity index is 3.52. The maximum Gasteiger partial charge on any atom is 0.303 e. The summed E-state index contributed by atoms with van der Waals surface area (Å²) >= 11 is 1.80. The quantitative estimate of drug-likeness (QED) is 0.662. The van der Waals surface area contributed by atoms with Crippen LogP contribution in [-0.4, -0.2) is 28.6 Å². The van der Waals surface area contributed by atoms with E-state index in [2.05, 4.69) is 6.92 Å². The number of carboxylic acids is 1. The minimum Gasteiger partial charge on any atom is -0.481 e. The fourth-order valence-corrected chi connectivity index (χ4v) is 1.91. The normalized spacial score (nSPS) is 15.3. The van der Waals surface area contributed by atoms with Gasteiger partial charge in [0.1, 0.15) is 0 Å². The summed E-state index contributed by atoms with van der Waals surface area (Å²) in [6.07, 6.45) is 1.03. The highest BCUT2D eigenvalue weighted by molar-refractivity contribution is 7.99. The molecule has 0 aliphatic rings. The molecule has 0 radical (unpaired) electrons. The van der Waals surface area contributed by atoms with E-state index in [0.717, 1.165) is 17.9 Å². The molecular formula is C9H19NO2S. The van der Waals surface area contributed by atoms with Gasteiger partial charge in [0.05, 0.1) is 0 Å². The smallest absolute Gasteiger partial charge is 0.303 e. The SMILES string of the molecule is CCSC[C@H](N)C[C@H](C)CC(=O)O. The van der Waals surface area contributed by atoms with Gasteiger partial charge >= 0.3 is 5.97 Å². The second-order valence-electron chi connectivity index (χ2n) is 3.36. The van der Waals surface area contributed by atoms with Crippen molar-refractivity contribution < 1.29 is 9.90 Å². The number of carboxylic acid groups (broad SMARTS) is 1. The largest absolute Gasteiger partial charge is 0.481 e. The third-order valence-corrected chi connectivity index (χ3v) is 2.84. The minimum absolute atomic E-state index is 0.138. The molecule has 0 aromatic heterocycles. The van der Waals surface area contributed by atoms with Crippen molar-refractivity contribution in [3.8, 4) is 0 Å². The van der Waals surface area contributed by atoms with Crippen LogP contribution in [0.25, 0.3) is 0 Å².